The predicted molar refractivity (Wildman–Crippen MR) is 165 cm³/mol. The van der Waals surface area contributed by atoms with E-state index in [1.165, 1.54) is 12.1 Å². The lowest BCUT2D eigenvalue weighted by Crippen LogP contribution is -2.58. The van der Waals surface area contributed by atoms with E-state index in [0.29, 0.717) is 43.6 Å². The number of hydrogen-bond donors (Lipinski definition) is 1. The van der Waals surface area contributed by atoms with Gasteiger partial charge in [0.15, 0.2) is 5.69 Å². The van der Waals surface area contributed by atoms with Crippen molar-refractivity contribution in [3.8, 4) is 11.3 Å². The van der Waals surface area contributed by atoms with Crippen LogP contribution in [0, 0.1) is 5.82 Å². The number of benzene rings is 2. The molecule has 0 unspecified atom stereocenters. The third kappa shape index (κ3) is 6.97. The number of hydrogen-bond acceptors (Lipinski definition) is 6. The molecule has 2 aromatic carbocycles. The first-order valence-corrected chi connectivity index (χ1v) is 15.4. The maximum absolute atomic E-state index is 14.6. The van der Waals surface area contributed by atoms with Gasteiger partial charge in [-0.15, -0.1) is 0 Å². The number of aliphatic hydroxyl groups is 1. The molecule has 1 aliphatic carbocycles. The standard InChI is InChI=1S/C34H43FN4O5/c1-33(2,3)44-32(41)37-17-18-38(27(21-37)19-24-11-6-5-7-12-24)31(40)29-30(25-13-10-14-26(35)20-25)39(23-36-29)28-15-8-9-16-34(28,42)22-43-4/h5-7,10-14,20,23,27-28,42H,8-9,15-19,21-22H2,1-4H3/t27-,28+,34+/m1/s1. The number of piperazine rings is 1. The Morgan fingerprint density at radius 1 is 1.09 bits per heavy atom. The molecule has 5 rings (SSSR count). The Morgan fingerprint density at radius 2 is 1.86 bits per heavy atom. The first-order valence-electron chi connectivity index (χ1n) is 15.4. The molecule has 1 aromatic heterocycles. The van der Waals surface area contributed by atoms with Crippen LogP contribution in [-0.4, -0.2) is 87.1 Å². The minimum absolute atomic E-state index is 0.132. The highest BCUT2D eigenvalue weighted by Gasteiger charge is 2.43. The molecule has 1 saturated heterocycles. The molecule has 3 atom stereocenters. The van der Waals surface area contributed by atoms with Crippen LogP contribution in [0.5, 0.6) is 0 Å². The van der Waals surface area contributed by atoms with Gasteiger partial charge in [0.25, 0.3) is 5.91 Å². The smallest absolute Gasteiger partial charge is 0.410 e. The highest BCUT2D eigenvalue weighted by molar-refractivity contribution is 5.98. The number of halogens is 1. The van der Waals surface area contributed by atoms with E-state index < -0.39 is 29.2 Å². The molecule has 0 spiro atoms. The lowest BCUT2D eigenvalue weighted by Gasteiger charge is -2.42. The van der Waals surface area contributed by atoms with Crippen LogP contribution in [0.2, 0.25) is 0 Å². The predicted octanol–water partition coefficient (Wildman–Crippen LogP) is 5.49. The molecular weight excluding hydrogens is 563 g/mol. The molecule has 1 saturated carbocycles. The van der Waals surface area contributed by atoms with Gasteiger partial charge in [0.05, 0.1) is 30.7 Å². The van der Waals surface area contributed by atoms with Crippen molar-refractivity contribution in [2.45, 2.75) is 76.2 Å². The van der Waals surface area contributed by atoms with E-state index in [1.807, 2.05) is 55.7 Å². The van der Waals surface area contributed by atoms with Gasteiger partial charge in [0.2, 0.25) is 0 Å². The summed E-state index contributed by atoms with van der Waals surface area (Å²) in [5.74, 6) is -0.740. The summed E-state index contributed by atoms with van der Waals surface area (Å²) in [4.78, 5) is 35.6. The third-order valence-electron chi connectivity index (χ3n) is 8.49. The summed E-state index contributed by atoms with van der Waals surface area (Å²) in [5.41, 5.74) is 0.376. The number of rotatable bonds is 7. The van der Waals surface area contributed by atoms with Crippen molar-refractivity contribution in [3.63, 3.8) is 0 Å². The van der Waals surface area contributed by atoms with Gasteiger partial charge in [0.1, 0.15) is 17.0 Å². The van der Waals surface area contributed by atoms with E-state index in [1.54, 1.807) is 35.4 Å². The summed E-state index contributed by atoms with van der Waals surface area (Å²) < 4.78 is 27.5. The largest absolute Gasteiger partial charge is 0.444 e. The first-order chi connectivity index (χ1) is 21.0. The first kappa shape index (κ1) is 31.7. The number of nitrogens with zero attached hydrogens (tertiary/aromatic N) is 4. The van der Waals surface area contributed by atoms with Crippen molar-refractivity contribution in [1.82, 2.24) is 19.4 Å². The molecule has 1 N–H and O–H groups in total. The number of amides is 2. The van der Waals surface area contributed by atoms with E-state index in [-0.39, 0.29) is 30.8 Å². The second kappa shape index (κ2) is 13.1. The van der Waals surface area contributed by atoms with Crippen LogP contribution >= 0.6 is 0 Å². The quantitative estimate of drug-likeness (QED) is 0.382. The van der Waals surface area contributed by atoms with Gasteiger partial charge in [-0.3, -0.25) is 4.79 Å². The molecule has 1 aliphatic heterocycles. The third-order valence-corrected chi connectivity index (χ3v) is 8.49. The van der Waals surface area contributed by atoms with E-state index in [9.17, 15) is 19.1 Å². The number of methoxy groups -OCH3 is 1. The fourth-order valence-electron chi connectivity index (χ4n) is 6.51. The lowest BCUT2D eigenvalue weighted by molar-refractivity contribution is -0.0893. The molecule has 236 valence electrons. The fourth-order valence-corrected chi connectivity index (χ4v) is 6.51. The van der Waals surface area contributed by atoms with Crippen molar-refractivity contribution >= 4 is 12.0 Å². The van der Waals surface area contributed by atoms with Gasteiger partial charge in [-0.1, -0.05) is 55.3 Å². The Bertz CT molecular complexity index is 1450. The Hall–Kier alpha value is -3.76. The molecular formula is C34H43FN4O5. The second-order valence-electron chi connectivity index (χ2n) is 12.9. The van der Waals surface area contributed by atoms with Gasteiger partial charge < -0.3 is 28.9 Å². The number of ether oxygens (including phenoxy) is 2. The molecule has 0 radical (unpaired) electrons. The van der Waals surface area contributed by atoms with Gasteiger partial charge in [-0.05, 0) is 57.7 Å². The van der Waals surface area contributed by atoms with Gasteiger partial charge >= 0.3 is 6.09 Å². The van der Waals surface area contributed by atoms with Gasteiger partial charge in [-0.25, -0.2) is 14.2 Å². The maximum Gasteiger partial charge on any atom is 0.410 e. The average molecular weight is 607 g/mol. The van der Waals surface area contributed by atoms with Crippen LogP contribution in [0.1, 0.15) is 68.5 Å². The number of imidazole rings is 1. The second-order valence-corrected chi connectivity index (χ2v) is 12.9. The highest BCUT2D eigenvalue weighted by atomic mass is 19.1. The zero-order chi connectivity index (χ0) is 31.5. The molecule has 10 heteroatoms. The van der Waals surface area contributed by atoms with Crippen molar-refractivity contribution in [2.75, 3.05) is 33.4 Å². The molecule has 0 bridgehead atoms. The molecule has 9 nitrogen and oxygen atoms in total. The molecule has 2 heterocycles. The van der Waals surface area contributed by atoms with Crippen LogP contribution in [0.4, 0.5) is 9.18 Å². The van der Waals surface area contributed by atoms with E-state index in [0.717, 1.165) is 18.4 Å². The fraction of sp³-hybridized carbons (Fsp3) is 0.500. The number of carbonyl (C=O) groups is 2. The summed E-state index contributed by atoms with van der Waals surface area (Å²) in [6, 6.07) is 15.2. The Labute approximate surface area is 258 Å². The van der Waals surface area contributed by atoms with Crippen LogP contribution in [-0.2, 0) is 15.9 Å². The zero-order valence-electron chi connectivity index (χ0n) is 26.0. The average Bonchev–Trinajstić information content (AvgIpc) is 3.41. The van der Waals surface area contributed by atoms with E-state index >= 15 is 0 Å². The summed E-state index contributed by atoms with van der Waals surface area (Å²) in [6.45, 7) is 6.50. The molecule has 2 aliphatic rings. The Balaban J connectivity index is 1.53. The van der Waals surface area contributed by atoms with Crippen LogP contribution < -0.4 is 0 Å². The molecule has 2 fully saturated rings. The SMILES string of the molecule is COC[C@@]1(O)CCCC[C@@H]1n1cnc(C(=O)N2CCN(C(=O)OC(C)(C)C)C[C@H]2Cc2ccccc2)c1-c1cccc(F)c1. The lowest BCUT2D eigenvalue weighted by atomic mass is 9.80. The Morgan fingerprint density at radius 3 is 2.57 bits per heavy atom. The number of aromatic nitrogens is 2. The summed E-state index contributed by atoms with van der Waals surface area (Å²) >= 11 is 0. The summed E-state index contributed by atoms with van der Waals surface area (Å²) in [7, 11) is 1.56. The molecule has 2 amide bonds. The van der Waals surface area contributed by atoms with Crippen molar-refractivity contribution in [2.24, 2.45) is 0 Å². The van der Waals surface area contributed by atoms with Crippen LogP contribution in [0.3, 0.4) is 0 Å². The normalized spacial score (nSPS) is 22.6. The van der Waals surface area contributed by atoms with E-state index in [4.69, 9.17) is 9.47 Å². The minimum Gasteiger partial charge on any atom is -0.444 e. The zero-order valence-corrected chi connectivity index (χ0v) is 26.0. The Kier molecular flexibility index (Phi) is 9.41. The van der Waals surface area contributed by atoms with Crippen LogP contribution in [0.15, 0.2) is 60.9 Å². The van der Waals surface area contributed by atoms with E-state index in [2.05, 4.69) is 4.98 Å². The van der Waals surface area contributed by atoms with Crippen molar-refractivity contribution in [1.29, 1.82) is 0 Å². The molecule has 3 aromatic rings. The van der Waals surface area contributed by atoms with Crippen molar-refractivity contribution in [3.05, 3.63) is 78.0 Å². The monoisotopic (exact) mass is 606 g/mol. The van der Waals surface area contributed by atoms with Gasteiger partial charge in [0, 0.05) is 32.3 Å². The highest BCUT2D eigenvalue weighted by Crippen LogP contribution is 2.41. The van der Waals surface area contributed by atoms with Crippen LogP contribution in [0.25, 0.3) is 11.3 Å². The summed E-state index contributed by atoms with van der Waals surface area (Å²) in [6.07, 6.45) is 4.66. The summed E-state index contributed by atoms with van der Waals surface area (Å²) in [5, 5.41) is 11.7. The number of carbonyl (C=O) groups excluding carboxylic acids is 2. The maximum atomic E-state index is 14.6. The minimum atomic E-state index is -1.16. The molecule has 44 heavy (non-hydrogen) atoms. The topological polar surface area (TPSA) is 97.1 Å². The van der Waals surface area contributed by atoms with Gasteiger partial charge in [-0.2, -0.15) is 0 Å². The van der Waals surface area contributed by atoms with Crippen molar-refractivity contribution < 1.29 is 28.6 Å².